The van der Waals surface area contributed by atoms with Crippen LogP contribution < -0.4 is 0 Å². The SMILES string of the molecule is Cc1c(C(=O)N2CCN3CCCC[C@H]3C2)nnn1-c1ccccc1. The van der Waals surface area contributed by atoms with Gasteiger partial charge in [-0.05, 0) is 38.4 Å². The lowest BCUT2D eigenvalue weighted by atomic mass is 9.99. The van der Waals surface area contributed by atoms with Gasteiger partial charge in [-0.3, -0.25) is 9.69 Å². The largest absolute Gasteiger partial charge is 0.334 e. The minimum absolute atomic E-state index is 0.0138. The number of nitrogens with zero attached hydrogens (tertiary/aromatic N) is 5. The van der Waals surface area contributed by atoms with Gasteiger partial charge in [0, 0.05) is 25.7 Å². The van der Waals surface area contributed by atoms with Gasteiger partial charge in [-0.25, -0.2) is 4.68 Å². The number of hydrogen-bond donors (Lipinski definition) is 0. The van der Waals surface area contributed by atoms with Crippen molar-refractivity contribution in [2.45, 2.75) is 32.2 Å². The Hall–Kier alpha value is -2.21. The Morgan fingerprint density at radius 1 is 1.12 bits per heavy atom. The average Bonchev–Trinajstić information content (AvgIpc) is 3.03. The highest BCUT2D eigenvalue weighted by Crippen LogP contribution is 2.22. The summed E-state index contributed by atoms with van der Waals surface area (Å²) < 4.78 is 1.74. The summed E-state index contributed by atoms with van der Waals surface area (Å²) in [4.78, 5) is 17.4. The van der Waals surface area contributed by atoms with Crippen LogP contribution in [0.25, 0.3) is 5.69 Å². The van der Waals surface area contributed by atoms with Crippen molar-refractivity contribution in [1.82, 2.24) is 24.8 Å². The Kier molecular flexibility index (Phi) is 4.06. The number of hydrogen-bond acceptors (Lipinski definition) is 4. The molecule has 24 heavy (non-hydrogen) atoms. The van der Waals surface area contributed by atoms with Gasteiger partial charge in [0.25, 0.3) is 5.91 Å². The van der Waals surface area contributed by atoms with E-state index in [0.29, 0.717) is 11.7 Å². The van der Waals surface area contributed by atoms with Gasteiger partial charge in [0.15, 0.2) is 5.69 Å². The van der Waals surface area contributed by atoms with Crippen molar-refractivity contribution in [2.24, 2.45) is 0 Å². The van der Waals surface area contributed by atoms with Crippen molar-refractivity contribution in [3.8, 4) is 5.69 Å². The lowest BCUT2D eigenvalue weighted by molar-refractivity contribution is 0.0367. The molecule has 4 rings (SSSR count). The second kappa shape index (κ2) is 6.36. The van der Waals surface area contributed by atoms with E-state index in [-0.39, 0.29) is 5.91 Å². The molecule has 1 atom stereocenters. The van der Waals surface area contributed by atoms with Gasteiger partial charge in [0.2, 0.25) is 0 Å². The molecule has 6 nitrogen and oxygen atoms in total. The molecule has 1 aromatic heterocycles. The molecule has 2 saturated heterocycles. The van der Waals surface area contributed by atoms with Crippen LogP contribution in [0.1, 0.15) is 35.4 Å². The van der Waals surface area contributed by atoms with Crippen molar-refractivity contribution in [3.63, 3.8) is 0 Å². The molecule has 126 valence electrons. The first-order chi connectivity index (χ1) is 11.7. The zero-order chi connectivity index (χ0) is 16.5. The fourth-order valence-corrected chi connectivity index (χ4v) is 3.83. The maximum absolute atomic E-state index is 12.9. The monoisotopic (exact) mass is 325 g/mol. The predicted molar refractivity (Wildman–Crippen MR) is 91.2 cm³/mol. The molecule has 2 fully saturated rings. The van der Waals surface area contributed by atoms with Crippen LogP contribution in [0.3, 0.4) is 0 Å². The topological polar surface area (TPSA) is 54.3 Å². The minimum Gasteiger partial charge on any atom is -0.334 e. The fraction of sp³-hybridized carbons (Fsp3) is 0.500. The summed E-state index contributed by atoms with van der Waals surface area (Å²) in [6.07, 6.45) is 3.75. The van der Waals surface area contributed by atoms with Crippen LogP contribution >= 0.6 is 0 Å². The molecule has 1 amide bonds. The smallest absolute Gasteiger partial charge is 0.276 e. The maximum atomic E-state index is 12.9. The minimum atomic E-state index is 0.0138. The van der Waals surface area contributed by atoms with Crippen molar-refractivity contribution in [1.29, 1.82) is 0 Å². The number of piperazine rings is 1. The Morgan fingerprint density at radius 3 is 2.79 bits per heavy atom. The normalized spacial score (nSPS) is 21.5. The number of carbonyl (C=O) groups is 1. The molecule has 0 bridgehead atoms. The van der Waals surface area contributed by atoms with Gasteiger partial charge >= 0.3 is 0 Å². The van der Waals surface area contributed by atoms with Gasteiger partial charge in [-0.15, -0.1) is 5.10 Å². The Bertz CT molecular complexity index is 726. The van der Waals surface area contributed by atoms with Gasteiger partial charge in [-0.1, -0.05) is 29.8 Å². The van der Waals surface area contributed by atoms with Gasteiger partial charge < -0.3 is 4.90 Å². The number of rotatable bonds is 2. The number of carbonyl (C=O) groups excluding carboxylic acids is 1. The molecule has 0 unspecified atom stereocenters. The molecule has 1 aromatic carbocycles. The lowest BCUT2D eigenvalue weighted by Crippen LogP contribution is -2.56. The van der Waals surface area contributed by atoms with Crippen LogP contribution in [0.15, 0.2) is 30.3 Å². The van der Waals surface area contributed by atoms with E-state index in [2.05, 4.69) is 15.2 Å². The number of fused-ring (bicyclic) bond motifs is 1. The third kappa shape index (κ3) is 2.71. The van der Waals surface area contributed by atoms with E-state index in [4.69, 9.17) is 0 Å². The molecule has 0 spiro atoms. The molecule has 3 heterocycles. The van der Waals surface area contributed by atoms with E-state index in [0.717, 1.165) is 31.0 Å². The van der Waals surface area contributed by atoms with Crippen molar-refractivity contribution in [3.05, 3.63) is 41.7 Å². The molecular formula is C18H23N5O. The molecule has 2 aromatic rings. The molecule has 2 aliphatic rings. The van der Waals surface area contributed by atoms with Crippen LogP contribution in [0, 0.1) is 6.92 Å². The third-order valence-corrected chi connectivity index (χ3v) is 5.22. The molecule has 0 radical (unpaired) electrons. The number of aromatic nitrogens is 3. The number of amides is 1. The molecule has 6 heteroatoms. The van der Waals surface area contributed by atoms with Crippen molar-refractivity contribution < 1.29 is 4.79 Å². The van der Waals surface area contributed by atoms with E-state index in [1.54, 1.807) is 4.68 Å². The molecule has 2 aliphatic heterocycles. The van der Waals surface area contributed by atoms with Crippen LogP contribution in [0.4, 0.5) is 0 Å². The van der Waals surface area contributed by atoms with Crippen molar-refractivity contribution in [2.75, 3.05) is 26.2 Å². The summed E-state index contributed by atoms with van der Waals surface area (Å²) in [5, 5.41) is 8.37. The fourth-order valence-electron chi connectivity index (χ4n) is 3.83. The highest BCUT2D eigenvalue weighted by atomic mass is 16.2. The first-order valence-corrected chi connectivity index (χ1v) is 8.75. The van der Waals surface area contributed by atoms with Crippen LogP contribution in [-0.4, -0.2) is 62.9 Å². The van der Waals surface area contributed by atoms with Crippen LogP contribution in [-0.2, 0) is 0 Å². The van der Waals surface area contributed by atoms with E-state index in [1.807, 2.05) is 42.2 Å². The highest BCUT2D eigenvalue weighted by molar-refractivity contribution is 5.93. The molecule has 0 saturated carbocycles. The Morgan fingerprint density at radius 2 is 1.96 bits per heavy atom. The third-order valence-electron chi connectivity index (χ3n) is 5.22. The zero-order valence-corrected chi connectivity index (χ0v) is 14.1. The van der Waals surface area contributed by atoms with E-state index in [1.165, 1.54) is 25.8 Å². The Balaban J connectivity index is 1.54. The highest BCUT2D eigenvalue weighted by Gasteiger charge is 2.33. The summed E-state index contributed by atoms with van der Waals surface area (Å²) >= 11 is 0. The Labute approximate surface area is 142 Å². The standard InChI is InChI=1S/C18H23N5O/c1-14-17(19-20-23(14)15-7-3-2-4-8-15)18(24)22-12-11-21-10-6-5-9-16(21)13-22/h2-4,7-8,16H,5-6,9-13H2,1H3/t16-/m0/s1. The van der Waals surface area contributed by atoms with Gasteiger partial charge in [-0.2, -0.15) is 0 Å². The van der Waals surface area contributed by atoms with Crippen molar-refractivity contribution >= 4 is 5.91 Å². The number of piperidine rings is 1. The lowest BCUT2D eigenvalue weighted by Gasteiger charge is -2.43. The number of benzene rings is 1. The molecular weight excluding hydrogens is 302 g/mol. The maximum Gasteiger partial charge on any atom is 0.276 e. The zero-order valence-electron chi connectivity index (χ0n) is 14.1. The van der Waals surface area contributed by atoms with Gasteiger partial charge in [0.1, 0.15) is 0 Å². The average molecular weight is 325 g/mol. The predicted octanol–water partition coefficient (Wildman–Crippen LogP) is 1.89. The summed E-state index contributed by atoms with van der Waals surface area (Å²) in [5.74, 6) is 0.0138. The second-order valence-electron chi connectivity index (χ2n) is 6.71. The van der Waals surface area contributed by atoms with E-state index in [9.17, 15) is 4.79 Å². The summed E-state index contributed by atoms with van der Waals surface area (Å²) in [7, 11) is 0. The van der Waals surface area contributed by atoms with Gasteiger partial charge in [0.05, 0.1) is 11.4 Å². The summed E-state index contributed by atoms with van der Waals surface area (Å²) in [6, 6.07) is 10.3. The second-order valence-corrected chi connectivity index (χ2v) is 6.71. The molecule has 0 N–H and O–H groups in total. The van der Waals surface area contributed by atoms with Crippen LogP contribution in [0.5, 0.6) is 0 Å². The number of para-hydroxylation sites is 1. The van der Waals surface area contributed by atoms with Crippen LogP contribution in [0.2, 0.25) is 0 Å². The van der Waals surface area contributed by atoms with E-state index >= 15 is 0 Å². The summed E-state index contributed by atoms with van der Waals surface area (Å²) in [5.41, 5.74) is 2.21. The first-order valence-electron chi connectivity index (χ1n) is 8.75. The first kappa shape index (κ1) is 15.3. The molecule has 0 aliphatic carbocycles. The quantitative estimate of drug-likeness (QED) is 0.846. The summed E-state index contributed by atoms with van der Waals surface area (Å²) in [6.45, 7) is 5.67. The van der Waals surface area contributed by atoms with E-state index < -0.39 is 0 Å².